The lowest BCUT2D eigenvalue weighted by Gasteiger charge is -2.31. The van der Waals surface area contributed by atoms with Crippen molar-refractivity contribution in [3.63, 3.8) is 0 Å². The zero-order valence-corrected chi connectivity index (χ0v) is 15.9. The maximum atomic E-state index is 13.4. The molecular weight excluding hydrogens is 377 g/mol. The van der Waals surface area contributed by atoms with Crippen LogP contribution >= 0.6 is 22.9 Å². The second-order valence-electron chi connectivity index (χ2n) is 6.28. The smallest absolute Gasteiger partial charge is 0.255 e. The average molecular weight is 396 g/mol. The molecular formula is C18H19ClFN3O2S. The lowest BCUT2D eigenvalue weighted by molar-refractivity contribution is -0.119. The van der Waals surface area contributed by atoms with E-state index in [9.17, 15) is 14.0 Å². The number of thiazole rings is 1. The largest absolute Gasteiger partial charge is 0.351 e. The Hall–Kier alpha value is -1.99. The van der Waals surface area contributed by atoms with Gasteiger partial charge in [-0.25, -0.2) is 9.37 Å². The van der Waals surface area contributed by atoms with Gasteiger partial charge in [0.2, 0.25) is 5.91 Å². The van der Waals surface area contributed by atoms with Gasteiger partial charge in [-0.3, -0.25) is 9.59 Å². The number of hydrogen-bond acceptors (Lipinski definition) is 4. The van der Waals surface area contributed by atoms with Crippen LogP contribution in [0.25, 0.3) is 0 Å². The molecule has 2 aromatic rings. The van der Waals surface area contributed by atoms with Gasteiger partial charge in [0, 0.05) is 31.3 Å². The van der Waals surface area contributed by atoms with E-state index in [1.807, 2.05) is 5.38 Å². The number of amides is 2. The van der Waals surface area contributed by atoms with Crippen molar-refractivity contribution in [1.29, 1.82) is 0 Å². The summed E-state index contributed by atoms with van der Waals surface area (Å²) in [6, 6.07) is 3.83. The minimum absolute atomic E-state index is 0.0811. The monoisotopic (exact) mass is 395 g/mol. The lowest BCUT2D eigenvalue weighted by Crippen LogP contribution is -2.38. The van der Waals surface area contributed by atoms with Crippen LogP contribution in [0, 0.1) is 5.82 Å². The molecule has 1 N–H and O–H groups in total. The van der Waals surface area contributed by atoms with Gasteiger partial charge in [-0.05, 0) is 31.0 Å². The van der Waals surface area contributed by atoms with Crippen LogP contribution in [0.3, 0.4) is 0 Å². The summed E-state index contributed by atoms with van der Waals surface area (Å²) in [6.45, 7) is 3.07. The summed E-state index contributed by atoms with van der Waals surface area (Å²) in [5.41, 5.74) is 1.06. The Morgan fingerprint density at radius 3 is 2.81 bits per heavy atom. The van der Waals surface area contributed by atoms with Gasteiger partial charge in [0.05, 0.1) is 27.8 Å². The van der Waals surface area contributed by atoms with Crippen molar-refractivity contribution in [1.82, 2.24) is 15.2 Å². The van der Waals surface area contributed by atoms with Crippen LogP contribution in [-0.4, -0.2) is 34.8 Å². The van der Waals surface area contributed by atoms with E-state index in [-0.39, 0.29) is 28.3 Å². The molecule has 26 heavy (non-hydrogen) atoms. The Morgan fingerprint density at radius 2 is 2.12 bits per heavy atom. The minimum Gasteiger partial charge on any atom is -0.351 e. The van der Waals surface area contributed by atoms with E-state index >= 15 is 0 Å². The fourth-order valence-corrected chi connectivity index (χ4v) is 4.16. The van der Waals surface area contributed by atoms with E-state index in [1.54, 1.807) is 16.2 Å². The fraction of sp³-hybridized carbons (Fsp3) is 0.389. The number of nitrogens with one attached hydrogen (secondary N) is 1. The molecule has 0 aliphatic carbocycles. The molecule has 0 atom stereocenters. The third kappa shape index (κ3) is 4.40. The molecule has 8 heteroatoms. The van der Waals surface area contributed by atoms with Crippen LogP contribution in [0.1, 0.15) is 46.7 Å². The van der Waals surface area contributed by atoms with Gasteiger partial charge in [-0.1, -0.05) is 11.6 Å². The first-order chi connectivity index (χ1) is 12.4. The highest BCUT2D eigenvalue weighted by Gasteiger charge is 2.27. The predicted molar refractivity (Wildman–Crippen MR) is 98.9 cm³/mol. The number of halogens is 2. The molecule has 1 aliphatic rings. The van der Waals surface area contributed by atoms with Crippen LogP contribution < -0.4 is 5.32 Å². The number of carbonyl (C=O) groups excluding carboxylic acids is 2. The Morgan fingerprint density at radius 1 is 1.38 bits per heavy atom. The van der Waals surface area contributed by atoms with Gasteiger partial charge < -0.3 is 10.2 Å². The lowest BCUT2D eigenvalue weighted by atomic mass is 9.97. The van der Waals surface area contributed by atoms with Crippen LogP contribution in [0.5, 0.6) is 0 Å². The summed E-state index contributed by atoms with van der Waals surface area (Å²) in [5, 5.41) is 5.98. The molecule has 3 rings (SSSR count). The van der Waals surface area contributed by atoms with Crippen LogP contribution in [0.2, 0.25) is 5.02 Å². The van der Waals surface area contributed by atoms with E-state index in [0.717, 1.165) is 23.5 Å². The highest BCUT2D eigenvalue weighted by Crippen LogP contribution is 2.31. The summed E-state index contributed by atoms with van der Waals surface area (Å²) in [6.07, 6.45) is 1.59. The number of likely N-dealkylation sites (tertiary alicyclic amines) is 1. The standard InChI is InChI=1S/C18H19ClFN3O2S/c1-11(24)21-9-14-10-26-17(22-14)12-4-6-23(7-5-12)18(25)15-8-13(20)2-3-16(15)19/h2-3,8,10,12H,4-7,9H2,1H3,(H,21,24). The van der Waals surface area contributed by atoms with Gasteiger partial charge in [0.25, 0.3) is 5.91 Å². The summed E-state index contributed by atoms with van der Waals surface area (Å²) in [4.78, 5) is 29.9. The molecule has 0 spiro atoms. The highest BCUT2D eigenvalue weighted by molar-refractivity contribution is 7.09. The Kier molecular flexibility index (Phi) is 5.88. The van der Waals surface area contributed by atoms with E-state index in [0.29, 0.717) is 19.6 Å². The van der Waals surface area contributed by atoms with Crippen molar-refractivity contribution in [3.05, 3.63) is 50.7 Å². The predicted octanol–water partition coefficient (Wildman–Crippen LogP) is 3.59. The maximum Gasteiger partial charge on any atom is 0.255 e. The number of benzene rings is 1. The van der Waals surface area contributed by atoms with E-state index < -0.39 is 5.82 Å². The second-order valence-corrected chi connectivity index (χ2v) is 7.57. The zero-order chi connectivity index (χ0) is 18.7. The number of carbonyl (C=O) groups is 2. The summed E-state index contributed by atoms with van der Waals surface area (Å²) < 4.78 is 13.4. The summed E-state index contributed by atoms with van der Waals surface area (Å²) >= 11 is 7.62. The van der Waals surface area contributed by atoms with Crippen molar-refractivity contribution in [2.45, 2.75) is 32.2 Å². The normalized spacial score (nSPS) is 15.1. The van der Waals surface area contributed by atoms with E-state index in [4.69, 9.17) is 11.6 Å². The van der Waals surface area contributed by atoms with Crippen LogP contribution in [0.15, 0.2) is 23.6 Å². The van der Waals surface area contributed by atoms with Crippen molar-refractivity contribution in [2.75, 3.05) is 13.1 Å². The van der Waals surface area contributed by atoms with Gasteiger partial charge in [0.15, 0.2) is 0 Å². The Balaban J connectivity index is 1.59. The summed E-state index contributed by atoms with van der Waals surface area (Å²) in [5.74, 6) is -0.499. The third-order valence-corrected chi connectivity index (χ3v) is 5.76. The van der Waals surface area contributed by atoms with Crippen molar-refractivity contribution >= 4 is 34.8 Å². The highest BCUT2D eigenvalue weighted by atomic mass is 35.5. The van der Waals surface area contributed by atoms with Crippen molar-refractivity contribution in [3.8, 4) is 0 Å². The second kappa shape index (κ2) is 8.14. The van der Waals surface area contributed by atoms with Gasteiger partial charge in [-0.15, -0.1) is 11.3 Å². The van der Waals surface area contributed by atoms with Crippen LogP contribution in [0.4, 0.5) is 4.39 Å². The number of rotatable bonds is 4. The van der Waals surface area contributed by atoms with Crippen molar-refractivity contribution in [2.24, 2.45) is 0 Å². The summed E-state index contributed by atoms with van der Waals surface area (Å²) in [7, 11) is 0. The molecule has 1 aromatic carbocycles. The first kappa shape index (κ1) is 18.8. The third-order valence-electron chi connectivity index (χ3n) is 4.38. The average Bonchev–Trinajstić information content (AvgIpc) is 3.10. The number of piperidine rings is 1. The Labute approximate surface area is 160 Å². The minimum atomic E-state index is -0.470. The van der Waals surface area contributed by atoms with E-state index in [1.165, 1.54) is 25.1 Å². The number of hydrogen-bond donors (Lipinski definition) is 1. The van der Waals surface area contributed by atoms with Gasteiger partial charge in [-0.2, -0.15) is 0 Å². The molecule has 1 fully saturated rings. The fourth-order valence-electron chi connectivity index (χ4n) is 2.97. The van der Waals surface area contributed by atoms with Crippen LogP contribution in [-0.2, 0) is 11.3 Å². The first-order valence-electron chi connectivity index (χ1n) is 8.37. The molecule has 1 aromatic heterocycles. The Bertz CT molecular complexity index is 819. The number of aromatic nitrogens is 1. The van der Waals surface area contributed by atoms with Crippen molar-refractivity contribution < 1.29 is 14.0 Å². The zero-order valence-electron chi connectivity index (χ0n) is 14.3. The molecule has 5 nitrogen and oxygen atoms in total. The molecule has 0 unspecified atom stereocenters. The topological polar surface area (TPSA) is 62.3 Å². The molecule has 1 saturated heterocycles. The maximum absolute atomic E-state index is 13.4. The number of nitrogens with zero attached hydrogens (tertiary/aromatic N) is 2. The molecule has 1 aliphatic heterocycles. The first-order valence-corrected chi connectivity index (χ1v) is 9.63. The quantitative estimate of drug-likeness (QED) is 0.860. The molecule has 2 heterocycles. The molecule has 0 saturated carbocycles. The molecule has 0 radical (unpaired) electrons. The SMILES string of the molecule is CC(=O)NCc1csc(C2CCN(C(=O)c3cc(F)ccc3Cl)CC2)n1. The molecule has 138 valence electrons. The van der Waals surface area contributed by atoms with Gasteiger partial charge >= 0.3 is 0 Å². The molecule has 0 bridgehead atoms. The van der Waals surface area contributed by atoms with E-state index in [2.05, 4.69) is 10.3 Å². The van der Waals surface area contributed by atoms with Gasteiger partial charge in [0.1, 0.15) is 5.82 Å². The molecule has 2 amide bonds.